The Morgan fingerprint density at radius 1 is 1.32 bits per heavy atom. The van der Waals surface area contributed by atoms with Crippen LogP contribution in [0.15, 0.2) is 41.3 Å². The Bertz CT molecular complexity index is 924. The van der Waals surface area contributed by atoms with E-state index >= 15 is 0 Å². The molecule has 1 aliphatic heterocycles. The number of nitrogens with zero attached hydrogens (tertiary/aromatic N) is 2. The highest BCUT2D eigenvalue weighted by atomic mass is 32.1. The first-order chi connectivity index (χ1) is 13.3. The second-order valence-electron chi connectivity index (χ2n) is 6.66. The number of aliphatic hydroxyl groups excluding tert-OH is 1. The van der Waals surface area contributed by atoms with Gasteiger partial charge < -0.3 is 19.6 Å². The molecule has 2 heterocycles. The maximum absolute atomic E-state index is 13.8. The van der Waals surface area contributed by atoms with Gasteiger partial charge in [0.15, 0.2) is 0 Å². The van der Waals surface area contributed by atoms with E-state index in [4.69, 9.17) is 4.74 Å². The zero-order chi connectivity index (χ0) is 20.4. The first-order valence-electron chi connectivity index (χ1n) is 8.65. The van der Waals surface area contributed by atoms with Gasteiger partial charge in [-0.1, -0.05) is 6.07 Å². The predicted octanol–water partition coefficient (Wildman–Crippen LogP) is 2.88. The molecule has 8 heteroatoms. The fraction of sp³-hybridized carbons (Fsp3) is 0.300. The van der Waals surface area contributed by atoms with Gasteiger partial charge in [-0.15, -0.1) is 11.3 Å². The molecule has 148 valence electrons. The lowest BCUT2D eigenvalue weighted by molar-refractivity contribution is -0.140. The van der Waals surface area contributed by atoms with E-state index in [1.807, 2.05) is 30.4 Å². The van der Waals surface area contributed by atoms with Gasteiger partial charge in [-0.2, -0.15) is 0 Å². The van der Waals surface area contributed by atoms with E-state index in [1.165, 1.54) is 35.5 Å². The van der Waals surface area contributed by atoms with Gasteiger partial charge in [0.25, 0.3) is 11.7 Å². The number of Topliss-reactive ketones (excluding diaryl/α,β-unsaturated/α-hetero) is 1. The van der Waals surface area contributed by atoms with Gasteiger partial charge in [0.05, 0.1) is 24.3 Å². The van der Waals surface area contributed by atoms with Crippen molar-refractivity contribution in [2.24, 2.45) is 0 Å². The predicted molar refractivity (Wildman–Crippen MR) is 105 cm³/mol. The van der Waals surface area contributed by atoms with Gasteiger partial charge in [0.1, 0.15) is 17.3 Å². The van der Waals surface area contributed by atoms with Crippen LogP contribution in [-0.2, 0) is 9.59 Å². The molecule has 0 radical (unpaired) electrons. The Kier molecular flexibility index (Phi) is 5.81. The average Bonchev–Trinajstić information content (AvgIpc) is 3.27. The second-order valence-corrected chi connectivity index (χ2v) is 7.64. The molecule has 1 fully saturated rings. The van der Waals surface area contributed by atoms with Crippen LogP contribution in [0.5, 0.6) is 5.75 Å². The van der Waals surface area contributed by atoms with Crippen molar-refractivity contribution in [1.82, 2.24) is 9.80 Å². The minimum Gasteiger partial charge on any atom is -0.507 e. The summed E-state index contributed by atoms with van der Waals surface area (Å²) in [5.41, 5.74) is -0.0234. The van der Waals surface area contributed by atoms with E-state index < -0.39 is 29.3 Å². The van der Waals surface area contributed by atoms with E-state index in [1.54, 1.807) is 6.07 Å². The molecule has 6 nitrogen and oxygen atoms in total. The molecule has 3 rings (SSSR count). The fourth-order valence-corrected chi connectivity index (χ4v) is 4.02. The highest BCUT2D eigenvalue weighted by Gasteiger charge is 2.46. The number of thiophene rings is 1. The number of methoxy groups -OCH3 is 1. The van der Waals surface area contributed by atoms with Crippen LogP contribution in [0.2, 0.25) is 0 Å². The summed E-state index contributed by atoms with van der Waals surface area (Å²) < 4.78 is 19.0. The van der Waals surface area contributed by atoms with Crippen LogP contribution in [0.3, 0.4) is 0 Å². The van der Waals surface area contributed by atoms with Crippen LogP contribution in [0.25, 0.3) is 5.76 Å². The molecule has 1 aromatic carbocycles. The van der Waals surface area contributed by atoms with E-state index in [2.05, 4.69) is 0 Å². The normalized spacial score (nSPS) is 18.9. The molecule has 2 aromatic rings. The van der Waals surface area contributed by atoms with E-state index in [0.29, 0.717) is 13.1 Å². The quantitative estimate of drug-likeness (QED) is 0.456. The number of amides is 1. The molecule has 1 amide bonds. The number of rotatable bonds is 6. The molecule has 1 N–H and O–H groups in total. The van der Waals surface area contributed by atoms with Crippen molar-refractivity contribution in [1.29, 1.82) is 0 Å². The van der Waals surface area contributed by atoms with Crippen molar-refractivity contribution in [3.8, 4) is 5.75 Å². The monoisotopic (exact) mass is 404 g/mol. The molecule has 28 heavy (non-hydrogen) atoms. The lowest BCUT2D eigenvalue weighted by atomic mass is 9.99. The van der Waals surface area contributed by atoms with Gasteiger partial charge in [0.2, 0.25) is 0 Å². The fourth-order valence-electron chi connectivity index (χ4n) is 3.17. The number of likely N-dealkylation sites (N-methyl/N-ethyl adjacent to an activating group) is 1. The molecule has 1 saturated heterocycles. The molecule has 0 saturated carbocycles. The number of carbonyl (C=O) groups is 2. The van der Waals surface area contributed by atoms with Gasteiger partial charge in [-0.25, -0.2) is 4.39 Å². The zero-order valence-corrected chi connectivity index (χ0v) is 16.6. The third kappa shape index (κ3) is 3.65. The number of carbonyl (C=O) groups excluding carboxylic acids is 2. The summed E-state index contributed by atoms with van der Waals surface area (Å²) in [4.78, 5) is 29.6. The molecular formula is C20H21FN2O4S. The zero-order valence-electron chi connectivity index (χ0n) is 15.8. The van der Waals surface area contributed by atoms with Crippen LogP contribution in [0.1, 0.15) is 16.5 Å². The number of aliphatic hydroxyl groups is 1. The summed E-state index contributed by atoms with van der Waals surface area (Å²) >= 11 is 1.38. The highest BCUT2D eigenvalue weighted by molar-refractivity contribution is 7.10. The van der Waals surface area contributed by atoms with Gasteiger partial charge in [0, 0.05) is 18.0 Å². The molecule has 0 spiro atoms. The third-order valence-electron chi connectivity index (χ3n) is 4.56. The van der Waals surface area contributed by atoms with Crippen LogP contribution >= 0.6 is 11.3 Å². The number of hydrogen-bond donors (Lipinski definition) is 1. The van der Waals surface area contributed by atoms with E-state index in [-0.39, 0.29) is 16.9 Å². The topological polar surface area (TPSA) is 70.1 Å². The van der Waals surface area contributed by atoms with Crippen molar-refractivity contribution in [3.63, 3.8) is 0 Å². The van der Waals surface area contributed by atoms with Crippen molar-refractivity contribution >= 4 is 28.8 Å². The van der Waals surface area contributed by atoms with E-state index in [0.717, 1.165) is 10.9 Å². The summed E-state index contributed by atoms with van der Waals surface area (Å²) in [7, 11) is 5.12. The number of ether oxygens (including phenoxy) is 1. The highest BCUT2D eigenvalue weighted by Crippen LogP contribution is 2.42. The summed E-state index contributed by atoms with van der Waals surface area (Å²) in [5, 5.41) is 12.8. The SMILES string of the molecule is COc1ccc(F)cc1/C(O)=C1\C(=O)C(=O)N(CCN(C)C)[C@@H]1c1cccs1. The van der Waals surface area contributed by atoms with Crippen LogP contribution in [0, 0.1) is 5.82 Å². The van der Waals surface area contributed by atoms with Gasteiger partial charge >= 0.3 is 0 Å². The number of ketones is 1. The molecule has 1 atom stereocenters. The largest absolute Gasteiger partial charge is 0.507 e. The lowest BCUT2D eigenvalue weighted by Crippen LogP contribution is -2.35. The Morgan fingerprint density at radius 3 is 2.68 bits per heavy atom. The summed E-state index contributed by atoms with van der Waals surface area (Å²) in [5.74, 6) is -2.29. The average molecular weight is 404 g/mol. The minimum absolute atomic E-state index is 0.0367. The van der Waals surface area contributed by atoms with Crippen molar-refractivity contribution in [2.45, 2.75) is 6.04 Å². The van der Waals surface area contributed by atoms with Gasteiger partial charge in [-0.3, -0.25) is 9.59 Å². The smallest absolute Gasteiger partial charge is 0.295 e. The number of benzene rings is 1. The maximum Gasteiger partial charge on any atom is 0.295 e. The molecule has 1 aliphatic rings. The molecule has 0 unspecified atom stereocenters. The molecule has 1 aromatic heterocycles. The Morgan fingerprint density at radius 2 is 2.07 bits per heavy atom. The third-order valence-corrected chi connectivity index (χ3v) is 5.48. The lowest BCUT2D eigenvalue weighted by Gasteiger charge is -2.25. The van der Waals surface area contributed by atoms with Crippen molar-refractivity contribution < 1.29 is 23.8 Å². The Balaban J connectivity index is 2.17. The van der Waals surface area contributed by atoms with Crippen LogP contribution in [-0.4, -0.2) is 60.9 Å². The van der Waals surface area contributed by atoms with Crippen LogP contribution < -0.4 is 4.74 Å². The Labute approximate surface area is 166 Å². The number of likely N-dealkylation sites (tertiary alicyclic amines) is 1. The van der Waals surface area contributed by atoms with Crippen LogP contribution in [0.4, 0.5) is 4.39 Å². The minimum atomic E-state index is -0.791. The first-order valence-corrected chi connectivity index (χ1v) is 9.53. The number of hydrogen-bond acceptors (Lipinski definition) is 6. The summed E-state index contributed by atoms with van der Waals surface area (Å²) in [6, 6.07) is 6.55. The summed E-state index contributed by atoms with van der Waals surface area (Å²) in [6.07, 6.45) is 0. The van der Waals surface area contributed by atoms with Crippen molar-refractivity contribution in [2.75, 3.05) is 34.3 Å². The molecule has 0 bridgehead atoms. The molecule has 0 aliphatic carbocycles. The number of halogens is 1. The summed E-state index contributed by atoms with van der Waals surface area (Å²) in [6.45, 7) is 0.870. The van der Waals surface area contributed by atoms with E-state index in [9.17, 15) is 19.1 Å². The second kappa shape index (κ2) is 8.12. The maximum atomic E-state index is 13.8. The van der Waals surface area contributed by atoms with Crippen molar-refractivity contribution in [3.05, 3.63) is 57.5 Å². The first kappa shape index (κ1) is 20.0. The standard InChI is InChI=1S/C20H21FN2O4S/c1-22(2)8-9-23-17(15-5-4-10-28-15)16(19(25)20(23)26)18(24)13-11-12(21)6-7-14(13)27-3/h4-7,10-11,17,24H,8-9H2,1-3H3/b18-16+/t17-/m1/s1. The Hall–Kier alpha value is -2.71. The van der Waals surface area contributed by atoms with Gasteiger partial charge in [-0.05, 0) is 43.7 Å². The molecular weight excluding hydrogens is 383 g/mol.